The van der Waals surface area contributed by atoms with E-state index in [2.05, 4.69) is 47.8 Å². The topological polar surface area (TPSA) is 58.9 Å². The molecule has 0 spiro atoms. The Morgan fingerprint density at radius 3 is 1.50 bits per heavy atom. The third-order valence-electron chi connectivity index (χ3n) is 3.69. The van der Waals surface area contributed by atoms with Crippen molar-refractivity contribution in [2.75, 3.05) is 0 Å². The van der Waals surface area contributed by atoms with Crippen LogP contribution in [0.2, 0.25) is 0 Å². The zero-order valence-corrected chi connectivity index (χ0v) is 16.6. The van der Waals surface area contributed by atoms with E-state index in [1.165, 1.54) is 0 Å². The van der Waals surface area contributed by atoms with Crippen molar-refractivity contribution in [1.29, 1.82) is 0 Å². The molecular formula is C15H11Br3O4. The lowest BCUT2D eigenvalue weighted by Crippen LogP contribution is -2.05. The van der Waals surface area contributed by atoms with Crippen LogP contribution in [0.15, 0.2) is 13.4 Å². The Bertz CT molecular complexity index is 696. The van der Waals surface area contributed by atoms with Crippen molar-refractivity contribution in [2.24, 2.45) is 0 Å². The molecule has 0 saturated carbocycles. The summed E-state index contributed by atoms with van der Waals surface area (Å²) in [4.78, 5) is 0. The van der Waals surface area contributed by atoms with E-state index in [1.807, 2.05) is 6.92 Å². The molecule has 0 amide bonds. The number of ether oxygens (including phenoxy) is 2. The van der Waals surface area contributed by atoms with Crippen LogP contribution in [0.5, 0.6) is 34.5 Å². The molecular weight excluding hydrogens is 484 g/mol. The molecule has 0 atom stereocenters. The number of benzene rings is 2. The van der Waals surface area contributed by atoms with Gasteiger partial charge >= 0.3 is 0 Å². The predicted molar refractivity (Wildman–Crippen MR) is 93.7 cm³/mol. The summed E-state index contributed by atoms with van der Waals surface area (Å²) in [7, 11) is 0. The minimum absolute atomic E-state index is 0.198. The summed E-state index contributed by atoms with van der Waals surface area (Å²) < 4.78 is 14.3. The lowest BCUT2D eigenvalue weighted by atomic mass is 10.1. The Hall–Kier alpha value is -0.920. The van der Waals surface area contributed by atoms with Crippen molar-refractivity contribution in [3.8, 4) is 34.5 Å². The molecule has 0 saturated heterocycles. The summed E-state index contributed by atoms with van der Waals surface area (Å²) >= 11 is 10.5. The zero-order valence-electron chi connectivity index (χ0n) is 11.8. The molecule has 4 nitrogen and oxygen atoms in total. The molecule has 116 valence electrons. The van der Waals surface area contributed by atoms with E-state index in [9.17, 15) is 10.2 Å². The Morgan fingerprint density at radius 1 is 0.591 bits per heavy atom. The molecule has 1 heterocycles. The van der Waals surface area contributed by atoms with Crippen LogP contribution in [-0.2, 0) is 0 Å². The molecule has 3 rings (SSSR count). The van der Waals surface area contributed by atoms with Gasteiger partial charge in [-0.2, -0.15) is 0 Å². The summed E-state index contributed by atoms with van der Waals surface area (Å²) in [5, 5.41) is 20.0. The Morgan fingerprint density at radius 2 is 1.00 bits per heavy atom. The van der Waals surface area contributed by atoms with Gasteiger partial charge < -0.3 is 19.7 Å². The maximum Gasteiger partial charge on any atom is 0.185 e. The van der Waals surface area contributed by atoms with Gasteiger partial charge in [-0.15, -0.1) is 0 Å². The standard InChI is InChI=1S/C15H11Br3O4/c1-4-7(16)8(17)9(18)15-12(4)21-13-5(2)10(19)11(20)6(3)14(13)22-15/h19-20H,1-3H3. The molecule has 7 heteroatoms. The van der Waals surface area contributed by atoms with Crippen molar-refractivity contribution in [3.63, 3.8) is 0 Å². The van der Waals surface area contributed by atoms with Crippen LogP contribution in [0.25, 0.3) is 0 Å². The molecule has 1 aliphatic heterocycles. The minimum Gasteiger partial charge on any atom is -0.504 e. The largest absolute Gasteiger partial charge is 0.504 e. The van der Waals surface area contributed by atoms with Crippen LogP contribution in [0.3, 0.4) is 0 Å². The number of hydrogen-bond donors (Lipinski definition) is 2. The molecule has 0 aliphatic carbocycles. The highest BCUT2D eigenvalue weighted by Gasteiger charge is 2.32. The van der Waals surface area contributed by atoms with Crippen LogP contribution in [-0.4, -0.2) is 10.2 Å². The van der Waals surface area contributed by atoms with E-state index in [1.54, 1.807) is 13.8 Å². The van der Waals surface area contributed by atoms with E-state index in [-0.39, 0.29) is 11.5 Å². The maximum absolute atomic E-state index is 10.0. The van der Waals surface area contributed by atoms with Crippen LogP contribution >= 0.6 is 47.8 Å². The summed E-state index contributed by atoms with van der Waals surface area (Å²) in [6, 6.07) is 0. The summed E-state index contributed by atoms with van der Waals surface area (Å²) in [6.45, 7) is 5.23. The third-order valence-corrected chi connectivity index (χ3v) is 7.30. The van der Waals surface area contributed by atoms with E-state index < -0.39 is 0 Å². The fourth-order valence-electron chi connectivity index (χ4n) is 2.31. The van der Waals surface area contributed by atoms with Gasteiger partial charge in [-0.1, -0.05) is 0 Å². The van der Waals surface area contributed by atoms with Crippen molar-refractivity contribution in [3.05, 3.63) is 30.1 Å². The van der Waals surface area contributed by atoms with Gasteiger partial charge in [-0.05, 0) is 68.6 Å². The maximum atomic E-state index is 10.0. The second kappa shape index (κ2) is 5.32. The van der Waals surface area contributed by atoms with Gasteiger partial charge in [0.15, 0.2) is 34.5 Å². The number of aromatic hydroxyl groups is 2. The first kappa shape index (κ1) is 16.0. The molecule has 1 aliphatic rings. The fraction of sp³-hybridized carbons (Fsp3) is 0.200. The summed E-state index contributed by atoms with van der Waals surface area (Å²) in [5.74, 6) is 1.48. The minimum atomic E-state index is -0.202. The van der Waals surface area contributed by atoms with E-state index in [4.69, 9.17) is 9.47 Å². The lowest BCUT2D eigenvalue weighted by molar-refractivity contribution is 0.336. The molecule has 2 N–H and O–H groups in total. The van der Waals surface area contributed by atoms with Gasteiger partial charge in [0.25, 0.3) is 0 Å². The number of rotatable bonds is 0. The molecule has 0 bridgehead atoms. The first-order valence-corrected chi connectivity index (χ1v) is 8.71. The highest BCUT2D eigenvalue weighted by Crippen LogP contribution is 2.58. The average Bonchev–Trinajstić information content (AvgIpc) is 2.52. The summed E-state index contributed by atoms with van der Waals surface area (Å²) in [5.41, 5.74) is 1.71. The zero-order chi connectivity index (χ0) is 16.3. The van der Waals surface area contributed by atoms with Gasteiger partial charge in [-0.3, -0.25) is 0 Å². The van der Waals surface area contributed by atoms with Gasteiger partial charge in [0, 0.05) is 21.2 Å². The van der Waals surface area contributed by atoms with E-state index in [0.717, 1.165) is 14.5 Å². The van der Waals surface area contributed by atoms with Crippen molar-refractivity contribution >= 4 is 47.8 Å². The Kier molecular flexibility index (Phi) is 3.86. The number of fused-ring (bicyclic) bond motifs is 2. The number of phenols is 2. The van der Waals surface area contributed by atoms with Crippen LogP contribution in [0, 0.1) is 20.8 Å². The Labute approximate surface area is 152 Å². The second-order valence-corrected chi connectivity index (χ2v) is 7.41. The fourth-order valence-corrected chi connectivity index (χ4v) is 3.89. The van der Waals surface area contributed by atoms with Crippen molar-refractivity contribution in [2.45, 2.75) is 20.8 Å². The molecule has 22 heavy (non-hydrogen) atoms. The number of halogens is 3. The SMILES string of the molecule is Cc1c(O)c(O)c(C)c2c1Oc1c(C)c(Br)c(Br)c(Br)c1O2. The predicted octanol–water partition coefficient (Wildman–Crippen LogP) is 6.21. The van der Waals surface area contributed by atoms with Crippen LogP contribution < -0.4 is 9.47 Å². The number of phenolic OH excluding ortho intramolecular Hbond substituents is 2. The average molecular weight is 495 g/mol. The van der Waals surface area contributed by atoms with Gasteiger partial charge in [0.2, 0.25) is 0 Å². The first-order chi connectivity index (χ1) is 10.3. The molecule has 0 radical (unpaired) electrons. The molecule has 0 fully saturated rings. The van der Waals surface area contributed by atoms with Crippen molar-refractivity contribution < 1.29 is 19.7 Å². The number of hydrogen-bond acceptors (Lipinski definition) is 4. The first-order valence-electron chi connectivity index (χ1n) is 6.33. The normalized spacial score (nSPS) is 12.3. The molecule has 0 aromatic heterocycles. The second-order valence-electron chi connectivity index (χ2n) is 5.03. The highest BCUT2D eigenvalue weighted by atomic mass is 79.9. The van der Waals surface area contributed by atoms with Gasteiger partial charge in [0.05, 0.1) is 8.95 Å². The molecule has 0 unspecified atom stereocenters. The quantitative estimate of drug-likeness (QED) is 0.288. The Balaban J connectivity index is 2.32. The van der Waals surface area contributed by atoms with Gasteiger partial charge in [-0.25, -0.2) is 0 Å². The summed E-state index contributed by atoms with van der Waals surface area (Å²) in [6.07, 6.45) is 0. The van der Waals surface area contributed by atoms with E-state index in [0.29, 0.717) is 38.6 Å². The third kappa shape index (κ3) is 2.06. The highest BCUT2D eigenvalue weighted by molar-refractivity contribution is 9.14. The van der Waals surface area contributed by atoms with Crippen molar-refractivity contribution in [1.82, 2.24) is 0 Å². The lowest BCUT2D eigenvalue weighted by Gasteiger charge is -2.27. The van der Waals surface area contributed by atoms with E-state index >= 15 is 0 Å². The molecule has 2 aromatic carbocycles. The molecule has 2 aromatic rings. The smallest absolute Gasteiger partial charge is 0.185 e. The van der Waals surface area contributed by atoms with Gasteiger partial charge in [0.1, 0.15) is 0 Å². The monoisotopic (exact) mass is 492 g/mol. The van der Waals surface area contributed by atoms with Crippen LogP contribution in [0.1, 0.15) is 16.7 Å². The van der Waals surface area contributed by atoms with Crippen LogP contribution in [0.4, 0.5) is 0 Å².